The van der Waals surface area contributed by atoms with Crippen LogP contribution in [0.3, 0.4) is 0 Å². The fourth-order valence-corrected chi connectivity index (χ4v) is 2.07. The van der Waals surface area contributed by atoms with Gasteiger partial charge in [0.2, 0.25) is 0 Å². The molecule has 0 saturated heterocycles. The molecule has 3 N–H and O–H groups in total. The summed E-state index contributed by atoms with van der Waals surface area (Å²) in [4.78, 5) is 6.49. The number of nitrogens with zero attached hydrogens (tertiary/aromatic N) is 3. The van der Waals surface area contributed by atoms with E-state index in [4.69, 9.17) is 15.7 Å². The van der Waals surface area contributed by atoms with Gasteiger partial charge in [-0.25, -0.2) is 0 Å². The number of pyridine rings is 1. The zero-order valence-electron chi connectivity index (χ0n) is 12.0. The van der Waals surface area contributed by atoms with E-state index in [1.54, 1.807) is 7.11 Å². The molecule has 0 saturated carbocycles. The molecule has 0 amide bonds. The molecule has 106 valence electrons. The summed E-state index contributed by atoms with van der Waals surface area (Å²) in [6.07, 6.45) is 0. The number of rotatable bonds is 6. The Hall–Kier alpha value is -1.82. The number of hydrogen-bond acceptors (Lipinski definition) is 5. The zero-order valence-corrected chi connectivity index (χ0v) is 12.0. The van der Waals surface area contributed by atoms with Crippen molar-refractivity contribution in [3.63, 3.8) is 0 Å². The molecule has 0 bridgehead atoms. The fraction of sp³-hybridized carbons (Fsp3) is 0.538. The van der Waals surface area contributed by atoms with Crippen molar-refractivity contribution in [3.8, 4) is 0 Å². The lowest BCUT2D eigenvalue weighted by atomic mass is 10.1. The largest absolute Gasteiger partial charge is 0.409 e. The molecule has 1 aromatic rings. The van der Waals surface area contributed by atoms with Gasteiger partial charge in [0.15, 0.2) is 5.84 Å². The molecular weight excluding hydrogens is 244 g/mol. The maximum Gasteiger partial charge on any atom is 0.174 e. The highest BCUT2D eigenvalue weighted by atomic mass is 16.5. The van der Waals surface area contributed by atoms with E-state index in [0.29, 0.717) is 12.2 Å². The number of likely N-dealkylation sites (N-methyl/N-ethyl adjacent to an activating group) is 1. The smallest absolute Gasteiger partial charge is 0.174 e. The van der Waals surface area contributed by atoms with Gasteiger partial charge in [-0.2, -0.15) is 0 Å². The normalized spacial score (nSPS) is 11.7. The van der Waals surface area contributed by atoms with Crippen LogP contribution >= 0.6 is 0 Å². The van der Waals surface area contributed by atoms with Gasteiger partial charge in [0.25, 0.3) is 0 Å². The highest BCUT2D eigenvalue weighted by Gasteiger charge is 2.17. The van der Waals surface area contributed by atoms with E-state index >= 15 is 0 Å². The summed E-state index contributed by atoms with van der Waals surface area (Å²) in [6.45, 7) is 7.99. The van der Waals surface area contributed by atoms with Gasteiger partial charge in [-0.3, -0.25) is 4.98 Å². The molecule has 1 aromatic heterocycles. The molecule has 0 aliphatic rings. The third-order valence-electron chi connectivity index (χ3n) is 2.96. The first-order valence-electron chi connectivity index (χ1n) is 6.25. The van der Waals surface area contributed by atoms with E-state index in [1.165, 1.54) is 0 Å². The quantitative estimate of drug-likeness (QED) is 0.350. The summed E-state index contributed by atoms with van der Waals surface area (Å²) in [5.41, 5.74) is 9.01. The van der Waals surface area contributed by atoms with Crippen molar-refractivity contribution in [2.45, 2.75) is 20.8 Å². The predicted octanol–water partition coefficient (Wildman–Crippen LogP) is 1.27. The van der Waals surface area contributed by atoms with Crippen molar-refractivity contribution in [1.29, 1.82) is 0 Å². The minimum absolute atomic E-state index is 0.0795. The summed E-state index contributed by atoms with van der Waals surface area (Å²) in [7, 11) is 1.67. The lowest BCUT2D eigenvalue weighted by Crippen LogP contribution is -2.30. The second kappa shape index (κ2) is 6.94. The molecule has 6 heteroatoms. The van der Waals surface area contributed by atoms with Crippen LogP contribution < -0.4 is 10.6 Å². The fourth-order valence-electron chi connectivity index (χ4n) is 2.07. The maximum atomic E-state index is 8.93. The lowest BCUT2D eigenvalue weighted by molar-refractivity contribution is 0.205. The average Bonchev–Trinajstić information content (AvgIpc) is 2.38. The summed E-state index contributed by atoms with van der Waals surface area (Å²) in [5.74, 6) is 0.0795. The first-order valence-corrected chi connectivity index (χ1v) is 6.25. The number of aryl methyl sites for hydroxylation is 2. The van der Waals surface area contributed by atoms with Crippen LogP contribution in [-0.4, -0.2) is 42.8 Å². The summed E-state index contributed by atoms with van der Waals surface area (Å²) < 4.78 is 5.11. The lowest BCUT2D eigenvalue weighted by Gasteiger charge is -2.26. The molecule has 0 aliphatic carbocycles. The van der Waals surface area contributed by atoms with Crippen molar-refractivity contribution in [2.75, 3.05) is 31.7 Å². The Kier molecular flexibility index (Phi) is 5.57. The van der Waals surface area contributed by atoms with E-state index in [-0.39, 0.29) is 5.84 Å². The van der Waals surface area contributed by atoms with Gasteiger partial charge >= 0.3 is 0 Å². The number of amidine groups is 1. The summed E-state index contributed by atoms with van der Waals surface area (Å²) >= 11 is 0. The molecule has 0 spiro atoms. The van der Waals surface area contributed by atoms with Gasteiger partial charge in [0, 0.05) is 25.9 Å². The Morgan fingerprint density at radius 3 is 2.74 bits per heavy atom. The van der Waals surface area contributed by atoms with Crippen LogP contribution in [0.15, 0.2) is 11.2 Å². The number of ether oxygens (including phenoxy) is 1. The van der Waals surface area contributed by atoms with E-state index in [1.807, 2.05) is 19.9 Å². The van der Waals surface area contributed by atoms with Crippen LogP contribution in [0.25, 0.3) is 0 Å². The monoisotopic (exact) mass is 266 g/mol. The molecule has 1 rings (SSSR count). The predicted molar refractivity (Wildman–Crippen MR) is 76.0 cm³/mol. The topological polar surface area (TPSA) is 84.0 Å². The van der Waals surface area contributed by atoms with Crippen molar-refractivity contribution < 1.29 is 9.94 Å². The molecule has 19 heavy (non-hydrogen) atoms. The highest BCUT2D eigenvalue weighted by molar-refractivity contribution is 6.03. The Balaban J connectivity index is 3.29. The maximum absolute atomic E-state index is 8.93. The number of nitrogens with two attached hydrogens (primary N) is 1. The molecule has 1 heterocycles. The van der Waals surface area contributed by atoms with Gasteiger partial charge in [-0.15, -0.1) is 0 Å². The number of hydrogen-bond donors (Lipinski definition) is 2. The van der Waals surface area contributed by atoms with Crippen LogP contribution in [0.4, 0.5) is 5.69 Å². The third kappa shape index (κ3) is 3.57. The molecule has 0 fully saturated rings. The third-order valence-corrected chi connectivity index (χ3v) is 2.96. The van der Waals surface area contributed by atoms with Crippen LogP contribution in [0, 0.1) is 13.8 Å². The first kappa shape index (κ1) is 15.2. The minimum Gasteiger partial charge on any atom is -0.409 e. The summed E-state index contributed by atoms with van der Waals surface area (Å²) in [6, 6.07) is 1.94. The van der Waals surface area contributed by atoms with Gasteiger partial charge in [-0.05, 0) is 26.8 Å². The average molecular weight is 266 g/mol. The van der Waals surface area contributed by atoms with Crippen molar-refractivity contribution in [2.24, 2.45) is 10.9 Å². The summed E-state index contributed by atoms with van der Waals surface area (Å²) in [5, 5.41) is 12.0. The molecule has 0 radical (unpaired) electrons. The first-order chi connectivity index (χ1) is 9.04. The van der Waals surface area contributed by atoms with E-state index in [2.05, 4.69) is 22.0 Å². The molecule has 6 nitrogen and oxygen atoms in total. The van der Waals surface area contributed by atoms with Crippen molar-refractivity contribution >= 4 is 11.5 Å². The van der Waals surface area contributed by atoms with E-state index in [9.17, 15) is 0 Å². The van der Waals surface area contributed by atoms with Gasteiger partial charge in [0.05, 0.1) is 23.6 Å². The highest BCUT2D eigenvalue weighted by Crippen LogP contribution is 2.23. The standard InChI is InChI=1S/C13H22N4O2/c1-5-17(6-7-19-4)11-8-9(2)15-10(3)12(11)13(14)16-18/h8,18H,5-7H2,1-4H3,(H2,14,16). The van der Waals surface area contributed by atoms with Crippen LogP contribution in [0.2, 0.25) is 0 Å². The number of methoxy groups -OCH3 is 1. The van der Waals surface area contributed by atoms with Crippen LogP contribution in [0.5, 0.6) is 0 Å². The van der Waals surface area contributed by atoms with Crippen LogP contribution in [-0.2, 0) is 4.74 Å². The molecule has 0 aromatic carbocycles. The van der Waals surface area contributed by atoms with Crippen LogP contribution in [0.1, 0.15) is 23.9 Å². The van der Waals surface area contributed by atoms with E-state index in [0.717, 1.165) is 30.2 Å². The molecule has 0 atom stereocenters. The Bertz CT molecular complexity index is 460. The van der Waals surface area contributed by atoms with Crippen molar-refractivity contribution in [1.82, 2.24) is 4.98 Å². The zero-order chi connectivity index (χ0) is 14.4. The Morgan fingerprint density at radius 1 is 1.53 bits per heavy atom. The number of oxime groups is 1. The van der Waals surface area contributed by atoms with Crippen molar-refractivity contribution in [3.05, 3.63) is 23.0 Å². The SMILES string of the molecule is CCN(CCOC)c1cc(C)nc(C)c1/C(N)=N/O. The van der Waals surface area contributed by atoms with E-state index < -0.39 is 0 Å². The second-order valence-electron chi connectivity index (χ2n) is 4.30. The number of anilines is 1. The Morgan fingerprint density at radius 2 is 2.21 bits per heavy atom. The molecular formula is C13H22N4O2. The Labute approximate surface area is 113 Å². The second-order valence-corrected chi connectivity index (χ2v) is 4.30. The van der Waals surface area contributed by atoms with Gasteiger partial charge in [0.1, 0.15) is 0 Å². The number of aromatic nitrogens is 1. The molecule has 0 aliphatic heterocycles. The minimum atomic E-state index is 0.0795. The molecule has 0 unspecified atom stereocenters. The van der Waals surface area contributed by atoms with Gasteiger partial charge < -0.3 is 20.6 Å². The van der Waals surface area contributed by atoms with Gasteiger partial charge in [-0.1, -0.05) is 5.16 Å².